The first kappa shape index (κ1) is 95.1. The Morgan fingerprint density at radius 2 is 0.474 bits per heavy atom. The van der Waals surface area contributed by atoms with Crippen LogP contribution in [-0.4, -0.2) is 96.7 Å². The van der Waals surface area contributed by atoms with Gasteiger partial charge >= 0.3 is 39.5 Å². The molecule has 19 heteroatoms. The van der Waals surface area contributed by atoms with Crippen LogP contribution in [-0.2, 0) is 65.4 Å². The first-order valence-electron chi connectivity index (χ1n) is 40.3. The molecule has 0 aliphatic carbocycles. The minimum atomic E-state index is -4.96. The molecule has 3 N–H and O–H groups in total. The third kappa shape index (κ3) is 72.2. The van der Waals surface area contributed by atoms with Gasteiger partial charge < -0.3 is 33.8 Å². The minimum Gasteiger partial charge on any atom is -0.462 e. The molecule has 0 heterocycles. The summed E-state index contributed by atoms with van der Waals surface area (Å²) in [7, 11) is -9.92. The number of hydrogen-bond donors (Lipinski definition) is 3. The molecule has 17 nitrogen and oxygen atoms in total. The van der Waals surface area contributed by atoms with Crippen molar-refractivity contribution in [1.29, 1.82) is 0 Å². The van der Waals surface area contributed by atoms with Crippen LogP contribution in [0.1, 0.15) is 402 Å². The van der Waals surface area contributed by atoms with Crippen molar-refractivity contribution in [1.82, 2.24) is 0 Å². The lowest BCUT2D eigenvalue weighted by Crippen LogP contribution is -2.30. The van der Waals surface area contributed by atoms with Crippen LogP contribution in [0.25, 0.3) is 0 Å². The Morgan fingerprint density at radius 3 is 0.701 bits per heavy atom. The van der Waals surface area contributed by atoms with Crippen molar-refractivity contribution in [3.63, 3.8) is 0 Å². The normalized spacial score (nSPS) is 14.0. The van der Waals surface area contributed by atoms with E-state index in [0.717, 1.165) is 108 Å². The average molecular weight is 1420 g/mol. The topological polar surface area (TPSA) is 237 Å². The van der Waals surface area contributed by atoms with Crippen molar-refractivity contribution < 1.29 is 80.2 Å². The number of aliphatic hydroxyl groups excluding tert-OH is 1. The van der Waals surface area contributed by atoms with Crippen LogP contribution in [0.2, 0.25) is 0 Å². The van der Waals surface area contributed by atoms with Crippen LogP contribution in [0.5, 0.6) is 0 Å². The number of esters is 4. The van der Waals surface area contributed by atoms with Gasteiger partial charge in [-0.3, -0.25) is 37.3 Å². The predicted molar refractivity (Wildman–Crippen MR) is 395 cm³/mol. The largest absolute Gasteiger partial charge is 0.472 e. The highest BCUT2D eigenvalue weighted by Crippen LogP contribution is 2.45. The van der Waals surface area contributed by atoms with Crippen molar-refractivity contribution >= 4 is 39.5 Å². The summed E-state index contributed by atoms with van der Waals surface area (Å²) in [6, 6.07) is 0. The van der Waals surface area contributed by atoms with Crippen LogP contribution >= 0.6 is 15.6 Å². The molecule has 0 fully saturated rings. The van der Waals surface area contributed by atoms with Gasteiger partial charge in [-0.05, 0) is 43.4 Å². The fourth-order valence-corrected chi connectivity index (χ4v) is 13.5. The Hall–Kier alpha value is -1.94. The Labute approximate surface area is 594 Å². The summed E-state index contributed by atoms with van der Waals surface area (Å²) in [5, 5.41) is 10.6. The maximum atomic E-state index is 13.1. The molecule has 0 amide bonds. The Morgan fingerprint density at radius 1 is 0.278 bits per heavy atom. The fourth-order valence-electron chi connectivity index (χ4n) is 12.0. The van der Waals surface area contributed by atoms with Gasteiger partial charge in [0.1, 0.15) is 19.3 Å². The van der Waals surface area contributed by atoms with E-state index in [-0.39, 0.29) is 25.7 Å². The van der Waals surface area contributed by atoms with Crippen LogP contribution in [0, 0.1) is 17.8 Å². The number of unbranched alkanes of at least 4 members (excludes halogenated alkanes) is 44. The SMILES string of the molecule is CCCCCCCCCCCCCC(=O)OC[C@H](COP(=O)(O)OC[C@H](O)COP(=O)(O)OC[C@@H](COC(=O)CCCCCCCCCCCCCCC(C)C)OC(=O)CCCCCCCCCCCCCCCC(C)C)OC(=O)CCCCCCCCCCCCCCC(C)C. The van der Waals surface area contributed by atoms with Gasteiger partial charge in [-0.25, -0.2) is 9.13 Å². The number of rotatable bonds is 76. The van der Waals surface area contributed by atoms with Crippen LogP contribution < -0.4 is 0 Å². The molecule has 0 spiro atoms. The number of aliphatic hydroxyl groups is 1. The quantitative estimate of drug-likeness (QED) is 0.0222. The number of ether oxygens (including phenoxy) is 4. The van der Waals surface area contributed by atoms with E-state index in [1.807, 2.05) is 0 Å². The highest BCUT2D eigenvalue weighted by molar-refractivity contribution is 7.47. The lowest BCUT2D eigenvalue weighted by molar-refractivity contribution is -0.161. The number of carbonyl (C=O) groups is 4. The molecule has 0 bridgehead atoms. The van der Waals surface area contributed by atoms with Crippen molar-refractivity contribution in [3.8, 4) is 0 Å². The molecule has 0 aliphatic heterocycles. The van der Waals surface area contributed by atoms with E-state index in [4.69, 9.17) is 37.0 Å². The smallest absolute Gasteiger partial charge is 0.462 e. The van der Waals surface area contributed by atoms with E-state index in [1.165, 1.54) is 212 Å². The second kappa shape index (κ2) is 68.5. The number of carbonyl (C=O) groups excluding carboxylic acids is 4. The minimum absolute atomic E-state index is 0.107. The van der Waals surface area contributed by atoms with E-state index in [2.05, 4.69) is 48.5 Å². The molecular weight excluding hydrogens is 1270 g/mol. The van der Waals surface area contributed by atoms with Crippen LogP contribution in [0.3, 0.4) is 0 Å². The van der Waals surface area contributed by atoms with E-state index in [0.29, 0.717) is 25.7 Å². The maximum Gasteiger partial charge on any atom is 0.472 e. The second-order valence-corrected chi connectivity index (χ2v) is 32.4. The van der Waals surface area contributed by atoms with E-state index in [9.17, 15) is 43.2 Å². The van der Waals surface area contributed by atoms with Gasteiger partial charge in [0.05, 0.1) is 26.4 Å². The van der Waals surface area contributed by atoms with E-state index in [1.54, 1.807) is 0 Å². The van der Waals surface area contributed by atoms with Crippen molar-refractivity contribution in [2.75, 3.05) is 39.6 Å². The molecule has 2 unspecified atom stereocenters. The van der Waals surface area contributed by atoms with E-state index < -0.39 is 97.5 Å². The van der Waals surface area contributed by atoms with Gasteiger partial charge in [-0.15, -0.1) is 0 Å². The van der Waals surface area contributed by atoms with Crippen LogP contribution in [0.4, 0.5) is 0 Å². The molecule has 576 valence electrons. The number of hydrogen-bond acceptors (Lipinski definition) is 15. The standard InChI is InChI=1S/C78H152O17P2/c1-8-9-10-11-12-13-21-31-38-45-52-59-75(80)88-65-73(95-78(83)62-55-48-41-34-27-20-18-24-30-37-44-51-58-71(6)7)67-92-96(84,85)90-63-72(79)64-91-97(86,87)93-68-74(66-89-76(81)60-53-46-39-32-25-19-17-23-29-36-43-50-57-70(4)5)94-77(82)61-54-47-40-33-26-16-14-15-22-28-35-42-49-56-69(2)3/h69-74,79H,8-68H2,1-7H3,(H,84,85)(H,86,87)/t72-,73+,74+/m0/s1. The maximum absolute atomic E-state index is 13.1. The molecule has 0 aliphatic rings. The molecule has 0 aromatic carbocycles. The summed E-state index contributed by atoms with van der Waals surface area (Å²) >= 11 is 0. The van der Waals surface area contributed by atoms with Gasteiger partial charge in [-0.2, -0.15) is 0 Å². The summed E-state index contributed by atoms with van der Waals surface area (Å²) in [4.78, 5) is 72.9. The van der Waals surface area contributed by atoms with Gasteiger partial charge in [0.2, 0.25) is 0 Å². The average Bonchev–Trinajstić information content (AvgIpc) is 1.38. The van der Waals surface area contributed by atoms with Crippen molar-refractivity contribution in [3.05, 3.63) is 0 Å². The highest BCUT2D eigenvalue weighted by atomic mass is 31.2. The number of phosphoric ester groups is 2. The van der Waals surface area contributed by atoms with Crippen LogP contribution in [0.15, 0.2) is 0 Å². The summed E-state index contributed by atoms with van der Waals surface area (Å²) in [5.74, 6) is 0.232. The predicted octanol–water partition coefficient (Wildman–Crippen LogP) is 23.0. The Kier molecular flexibility index (Phi) is 67.1. The van der Waals surface area contributed by atoms with Gasteiger partial charge in [0.15, 0.2) is 12.2 Å². The zero-order chi connectivity index (χ0) is 71.6. The highest BCUT2D eigenvalue weighted by Gasteiger charge is 2.30. The summed E-state index contributed by atoms with van der Waals surface area (Å²) < 4.78 is 68.6. The van der Waals surface area contributed by atoms with Gasteiger partial charge in [-0.1, -0.05) is 350 Å². The first-order valence-corrected chi connectivity index (χ1v) is 43.3. The molecule has 0 radical (unpaired) electrons. The van der Waals surface area contributed by atoms with E-state index >= 15 is 0 Å². The second-order valence-electron chi connectivity index (χ2n) is 29.5. The Bertz CT molecular complexity index is 1890. The fraction of sp³-hybridized carbons (Fsp3) is 0.949. The van der Waals surface area contributed by atoms with Crippen molar-refractivity contribution in [2.24, 2.45) is 17.8 Å². The summed E-state index contributed by atoms with van der Waals surface area (Å²) in [6.45, 7) is 12.0. The van der Waals surface area contributed by atoms with Crippen molar-refractivity contribution in [2.45, 2.75) is 420 Å². The molecular formula is C78H152O17P2. The molecule has 0 aromatic heterocycles. The van der Waals surface area contributed by atoms with Gasteiger partial charge in [0.25, 0.3) is 0 Å². The van der Waals surface area contributed by atoms with Gasteiger partial charge in [0, 0.05) is 25.7 Å². The lowest BCUT2D eigenvalue weighted by atomic mass is 10.0. The Balaban J connectivity index is 5.26. The molecule has 0 saturated carbocycles. The number of phosphoric acid groups is 2. The molecule has 0 aromatic rings. The zero-order valence-electron chi connectivity index (χ0n) is 63.5. The zero-order valence-corrected chi connectivity index (χ0v) is 65.3. The summed E-state index contributed by atoms with van der Waals surface area (Å²) in [6.07, 6.45) is 55.3. The molecule has 0 saturated heterocycles. The lowest BCUT2D eigenvalue weighted by Gasteiger charge is -2.21. The molecule has 97 heavy (non-hydrogen) atoms. The monoisotopic (exact) mass is 1420 g/mol. The third-order valence-corrected chi connectivity index (χ3v) is 20.0. The summed E-state index contributed by atoms with van der Waals surface area (Å²) in [5.41, 5.74) is 0. The third-order valence-electron chi connectivity index (χ3n) is 18.1. The first-order chi connectivity index (χ1) is 46.7. The molecule has 0 rings (SSSR count). The molecule has 5 atom stereocenters.